The van der Waals surface area contributed by atoms with E-state index < -0.39 is 17.6 Å². The van der Waals surface area contributed by atoms with Crippen LogP contribution >= 0.6 is 0 Å². The van der Waals surface area contributed by atoms with Crippen LogP contribution in [0.4, 0.5) is 15.8 Å². The average Bonchev–Trinajstić information content (AvgIpc) is 3.24. The van der Waals surface area contributed by atoms with Gasteiger partial charge in [0, 0.05) is 31.7 Å². The lowest BCUT2D eigenvalue weighted by Gasteiger charge is -2.39. The zero-order chi connectivity index (χ0) is 18.5. The Morgan fingerprint density at radius 1 is 0.926 bits per heavy atom. The van der Waals surface area contributed by atoms with Crippen LogP contribution in [-0.2, 0) is 0 Å². The van der Waals surface area contributed by atoms with E-state index in [4.69, 9.17) is 0 Å². The van der Waals surface area contributed by atoms with Crippen LogP contribution in [0.25, 0.3) is 0 Å². The third-order valence-corrected chi connectivity index (χ3v) is 5.91. The Balaban J connectivity index is 1.42. The van der Waals surface area contributed by atoms with Gasteiger partial charge < -0.3 is 4.90 Å². The first-order valence-corrected chi connectivity index (χ1v) is 9.40. The Bertz CT molecular complexity index is 910. The standard InChI is InChI=1S/C21H20FN3O2/c22-18-12-14(25-20(26)16-5-1-2-6-17(16)21(25)27)7-8-19(18)24-11-10-23-9-3-4-15(23)13-24/h1-2,5-8,12,15H,3-4,9-11,13H2. The van der Waals surface area contributed by atoms with Gasteiger partial charge >= 0.3 is 0 Å². The van der Waals surface area contributed by atoms with E-state index >= 15 is 0 Å². The van der Waals surface area contributed by atoms with Crippen LogP contribution in [-0.4, -0.2) is 48.9 Å². The van der Waals surface area contributed by atoms with Crippen LogP contribution in [0.15, 0.2) is 42.5 Å². The highest BCUT2D eigenvalue weighted by molar-refractivity contribution is 6.34. The molecule has 0 saturated carbocycles. The van der Waals surface area contributed by atoms with Crippen LogP contribution in [0, 0.1) is 5.82 Å². The zero-order valence-electron chi connectivity index (χ0n) is 14.9. The maximum Gasteiger partial charge on any atom is 0.266 e. The molecule has 2 saturated heterocycles. The molecule has 5 rings (SSSR count). The lowest BCUT2D eigenvalue weighted by molar-refractivity contribution is 0.0926. The molecule has 3 heterocycles. The van der Waals surface area contributed by atoms with Crippen molar-refractivity contribution in [2.75, 3.05) is 36.0 Å². The van der Waals surface area contributed by atoms with Crippen molar-refractivity contribution in [3.63, 3.8) is 0 Å². The number of imide groups is 1. The number of benzene rings is 2. The number of piperazine rings is 1. The predicted octanol–water partition coefficient (Wildman–Crippen LogP) is 2.91. The maximum atomic E-state index is 14.9. The number of carbonyl (C=O) groups is 2. The van der Waals surface area contributed by atoms with Crippen molar-refractivity contribution in [2.24, 2.45) is 0 Å². The summed E-state index contributed by atoms with van der Waals surface area (Å²) in [7, 11) is 0. The van der Waals surface area contributed by atoms with Crippen molar-refractivity contribution in [2.45, 2.75) is 18.9 Å². The highest BCUT2D eigenvalue weighted by atomic mass is 19.1. The fraction of sp³-hybridized carbons (Fsp3) is 0.333. The van der Waals surface area contributed by atoms with Gasteiger partial charge in [0.25, 0.3) is 11.8 Å². The highest BCUT2D eigenvalue weighted by Crippen LogP contribution is 2.33. The molecular weight excluding hydrogens is 345 g/mol. The van der Waals surface area contributed by atoms with Crippen molar-refractivity contribution in [1.82, 2.24) is 4.90 Å². The monoisotopic (exact) mass is 365 g/mol. The van der Waals surface area contributed by atoms with E-state index in [1.807, 2.05) is 0 Å². The van der Waals surface area contributed by atoms with Gasteiger partial charge in [0.1, 0.15) is 5.82 Å². The number of hydrogen-bond donors (Lipinski definition) is 0. The zero-order valence-corrected chi connectivity index (χ0v) is 14.9. The molecule has 0 bridgehead atoms. The van der Waals surface area contributed by atoms with E-state index in [0.717, 1.165) is 37.5 Å². The van der Waals surface area contributed by atoms with Gasteiger partial charge in [-0.2, -0.15) is 0 Å². The minimum absolute atomic E-state index is 0.280. The van der Waals surface area contributed by atoms with Gasteiger partial charge in [0.2, 0.25) is 0 Å². The Kier molecular flexibility index (Phi) is 3.75. The highest BCUT2D eigenvalue weighted by Gasteiger charge is 2.37. The van der Waals surface area contributed by atoms with Crippen molar-refractivity contribution < 1.29 is 14.0 Å². The summed E-state index contributed by atoms with van der Waals surface area (Å²) in [6, 6.07) is 11.9. The summed E-state index contributed by atoms with van der Waals surface area (Å²) in [4.78, 5) is 30.8. The van der Waals surface area contributed by atoms with Crippen molar-refractivity contribution in [3.05, 3.63) is 59.4 Å². The van der Waals surface area contributed by atoms with Crippen LogP contribution in [0.2, 0.25) is 0 Å². The Morgan fingerprint density at radius 2 is 1.67 bits per heavy atom. The van der Waals surface area contributed by atoms with E-state index in [2.05, 4.69) is 9.80 Å². The van der Waals surface area contributed by atoms with E-state index in [9.17, 15) is 14.0 Å². The molecule has 2 amide bonds. The summed E-state index contributed by atoms with van der Waals surface area (Å²) in [5.74, 6) is -1.19. The first-order valence-electron chi connectivity index (χ1n) is 9.40. The molecule has 1 atom stereocenters. The number of hydrogen-bond acceptors (Lipinski definition) is 4. The molecule has 0 aliphatic carbocycles. The van der Waals surface area contributed by atoms with Crippen molar-refractivity contribution in [3.8, 4) is 0 Å². The number of nitrogens with zero attached hydrogens (tertiary/aromatic N) is 3. The molecule has 27 heavy (non-hydrogen) atoms. The maximum absolute atomic E-state index is 14.9. The van der Waals surface area contributed by atoms with Crippen LogP contribution < -0.4 is 9.80 Å². The number of amides is 2. The fourth-order valence-electron chi connectivity index (χ4n) is 4.53. The van der Waals surface area contributed by atoms with E-state index in [1.165, 1.54) is 12.5 Å². The average molecular weight is 365 g/mol. The summed E-state index contributed by atoms with van der Waals surface area (Å²) in [6.07, 6.45) is 2.37. The number of rotatable bonds is 2. The molecule has 6 heteroatoms. The second-order valence-electron chi connectivity index (χ2n) is 7.41. The number of halogens is 1. The molecule has 5 nitrogen and oxygen atoms in total. The second-order valence-corrected chi connectivity index (χ2v) is 7.41. The van der Waals surface area contributed by atoms with Gasteiger partial charge in [-0.05, 0) is 43.7 Å². The lowest BCUT2D eigenvalue weighted by atomic mass is 10.1. The van der Waals surface area contributed by atoms with E-state index in [-0.39, 0.29) is 5.69 Å². The quantitative estimate of drug-likeness (QED) is 0.768. The van der Waals surface area contributed by atoms with Crippen LogP contribution in [0.3, 0.4) is 0 Å². The molecule has 3 aliphatic heterocycles. The smallest absolute Gasteiger partial charge is 0.266 e. The minimum Gasteiger partial charge on any atom is -0.366 e. The molecule has 2 aromatic carbocycles. The molecular formula is C21H20FN3O2. The molecule has 2 fully saturated rings. The van der Waals surface area contributed by atoms with Crippen LogP contribution in [0.1, 0.15) is 33.6 Å². The van der Waals surface area contributed by atoms with E-state index in [1.54, 1.807) is 36.4 Å². The molecule has 1 unspecified atom stereocenters. The largest absolute Gasteiger partial charge is 0.366 e. The lowest BCUT2D eigenvalue weighted by Crippen LogP contribution is -2.50. The molecule has 0 N–H and O–H groups in total. The molecule has 0 radical (unpaired) electrons. The van der Waals surface area contributed by atoms with Gasteiger partial charge in [-0.1, -0.05) is 12.1 Å². The predicted molar refractivity (Wildman–Crippen MR) is 101 cm³/mol. The topological polar surface area (TPSA) is 43.9 Å². The van der Waals surface area contributed by atoms with E-state index in [0.29, 0.717) is 22.9 Å². The van der Waals surface area contributed by atoms with Gasteiger partial charge in [-0.15, -0.1) is 0 Å². The Labute approximate surface area is 157 Å². The summed E-state index contributed by atoms with van der Waals surface area (Å²) >= 11 is 0. The molecule has 3 aliphatic rings. The van der Waals surface area contributed by atoms with Crippen molar-refractivity contribution in [1.29, 1.82) is 0 Å². The van der Waals surface area contributed by atoms with Gasteiger partial charge in [-0.3, -0.25) is 14.5 Å². The number of carbonyl (C=O) groups excluding carboxylic acids is 2. The Morgan fingerprint density at radius 3 is 2.37 bits per heavy atom. The number of fused-ring (bicyclic) bond motifs is 2. The number of anilines is 2. The third kappa shape index (κ3) is 2.55. The summed E-state index contributed by atoms with van der Waals surface area (Å²) < 4.78 is 14.9. The van der Waals surface area contributed by atoms with Crippen LogP contribution in [0.5, 0.6) is 0 Å². The SMILES string of the molecule is O=C1c2ccccc2C(=O)N1c1ccc(N2CCN3CCCC3C2)c(F)c1. The van der Waals surface area contributed by atoms with Gasteiger partial charge in [0.15, 0.2) is 0 Å². The van der Waals surface area contributed by atoms with Gasteiger partial charge in [-0.25, -0.2) is 9.29 Å². The molecule has 0 spiro atoms. The summed E-state index contributed by atoms with van der Waals surface area (Å²) in [5.41, 5.74) is 1.55. The minimum atomic E-state index is -0.401. The normalized spacial score (nSPS) is 22.3. The molecule has 2 aromatic rings. The second kappa shape index (κ2) is 6.16. The summed E-state index contributed by atoms with van der Waals surface area (Å²) in [6.45, 7) is 3.70. The van der Waals surface area contributed by atoms with Gasteiger partial charge in [0.05, 0.1) is 22.5 Å². The third-order valence-electron chi connectivity index (χ3n) is 5.91. The molecule has 0 aromatic heterocycles. The van der Waals surface area contributed by atoms with Crippen molar-refractivity contribution >= 4 is 23.2 Å². The first kappa shape index (κ1) is 16.4. The Hall–Kier alpha value is -2.73. The molecule has 138 valence electrons. The fourth-order valence-corrected chi connectivity index (χ4v) is 4.53. The summed E-state index contributed by atoms with van der Waals surface area (Å²) in [5, 5.41) is 0. The first-order chi connectivity index (χ1) is 13.1.